The Morgan fingerprint density at radius 1 is 1.26 bits per heavy atom. The molecule has 0 spiro atoms. The van der Waals surface area contributed by atoms with E-state index in [-0.39, 0.29) is 22.5 Å². The minimum atomic E-state index is -0.850. The van der Waals surface area contributed by atoms with Crippen molar-refractivity contribution in [1.29, 1.82) is 0 Å². The van der Waals surface area contributed by atoms with Gasteiger partial charge in [-0.05, 0) is 31.4 Å². The third-order valence-electron chi connectivity index (χ3n) is 4.47. The van der Waals surface area contributed by atoms with Gasteiger partial charge in [0.1, 0.15) is 16.6 Å². The Morgan fingerprint density at radius 2 is 2.00 bits per heavy atom. The fourth-order valence-electron chi connectivity index (χ4n) is 3.01. The maximum absolute atomic E-state index is 13.7. The lowest BCUT2D eigenvalue weighted by atomic mass is 9.97. The molecule has 1 aromatic heterocycles. The van der Waals surface area contributed by atoms with Crippen molar-refractivity contribution in [3.63, 3.8) is 0 Å². The molecular formula is C18H20F2N4O2S. The summed E-state index contributed by atoms with van der Waals surface area (Å²) >= 11 is 1.16. The summed E-state index contributed by atoms with van der Waals surface area (Å²) in [5.74, 6) is -1.82. The van der Waals surface area contributed by atoms with E-state index in [2.05, 4.69) is 15.5 Å². The van der Waals surface area contributed by atoms with Crippen molar-refractivity contribution < 1.29 is 18.4 Å². The number of benzene rings is 1. The van der Waals surface area contributed by atoms with Gasteiger partial charge in [-0.2, -0.15) is 0 Å². The molecule has 2 aromatic rings. The first-order valence-corrected chi connectivity index (χ1v) is 9.67. The maximum atomic E-state index is 13.7. The second kappa shape index (κ2) is 8.51. The maximum Gasteiger partial charge on any atom is 0.286 e. The molecule has 1 N–H and O–H groups in total. The van der Waals surface area contributed by atoms with Crippen LogP contribution in [0.25, 0.3) is 0 Å². The summed E-state index contributed by atoms with van der Waals surface area (Å²) in [6.07, 6.45) is 2.95. The van der Waals surface area contributed by atoms with Crippen molar-refractivity contribution in [1.82, 2.24) is 15.1 Å². The van der Waals surface area contributed by atoms with Gasteiger partial charge in [0.2, 0.25) is 10.9 Å². The summed E-state index contributed by atoms with van der Waals surface area (Å²) in [6, 6.07) is 2.93. The van der Waals surface area contributed by atoms with Crippen LogP contribution in [0.3, 0.4) is 0 Å². The van der Waals surface area contributed by atoms with Crippen molar-refractivity contribution >= 4 is 28.8 Å². The number of anilines is 1. The van der Waals surface area contributed by atoms with Gasteiger partial charge in [-0.1, -0.05) is 18.3 Å². The summed E-state index contributed by atoms with van der Waals surface area (Å²) in [6.45, 7) is 3.33. The summed E-state index contributed by atoms with van der Waals surface area (Å²) in [5, 5.41) is 11.2. The van der Waals surface area contributed by atoms with Crippen LogP contribution in [0, 0.1) is 11.6 Å². The van der Waals surface area contributed by atoms with Crippen LogP contribution in [-0.2, 0) is 4.79 Å². The van der Waals surface area contributed by atoms with Gasteiger partial charge in [0.15, 0.2) is 0 Å². The molecule has 1 aromatic carbocycles. The SMILES string of the molecule is CCCC(=O)N1CCC(c2nnc(C(=O)Nc3ccc(F)cc3F)s2)CC1. The van der Waals surface area contributed by atoms with E-state index >= 15 is 0 Å². The molecule has 2 heterocycles. The van der Waals surface area contributed by atoms with E-state index in [0.717, 1.165) is 47.7 Å². The Balaban J connectivity index is 1.60. The highest BCUT2D eigenvalue weighted by molar-refractivity contribution is 7.13. The van der Waals surface area contributed by atoms with Crippen LogP contribution in [0.2, 0.25) is 0 Å². The molecule has 0 atom stereocenters. The van der Waals surface area contributed by atoms with Crippen LogP contribution in [0.15, 0.2) is 18.2 Å². The highest BCUT2D eigenvalue weighted by atomic mass is 32.1. The number of piperidine rings is 1. The lowest BCUT2D eigenvalue weighted by molar-refractivity contribution is -0.132. The zero-order chi connectivity index (χ0) is 19.4. The van der Waals surface area contributed by atoms with Crippen molar-refractivity contribution in [2.75, 3.05) is 18.4 Å². The van der Waals surface area contributed by atoms with Crippen LogP contribution in [-0.4, -0.2) is 40.0 Å². The number of amides is 2. The standard InChI is InChI=1S/C18H20F2N4O2S/c1-2-3-15(25)24-8-6-11(7-9-24)17-22-23-18(27-17)16(26)21-14-5-4-12(19)10-13(14)20/h4-5,10-11H,2-3,6-9H2,1H3,(H,21,26). The quantitative estimate of drug-likeness (QED) is 0.841. The molecule has 3 rings (SSSR count). The number of nitrogens with one attached hydrogen (secondary N) is 1. The average Bonchev–Trinajstić information content (AvgIpc) is 3.14. The lowest BCUT2D eigenvalue weighted by Gasteiger charge is -2.30. The second-order valence-corrected chi connectivity index (χ2v) is 7.44. The van der Waals surface area contributed by atoms with Crippen LogP contribution in [0.5, 0.6) is 0 Å². The highest BCUT2D eigenvalue weighted by Crippen LogP contribution is 2.30. The molecule has 1 aliphatic rings. The molecule has 1 aliphatic heterocycles. The van der Waals surface area contributed by atoms with Gasteiger partial charge in [-0.3, -0.25) is 9.59 Å². The normalized spacial score (nSPS) is 15.0. The molecule has 0 aliphatic carbocycles. The van der Waals surface area contributed by atoms with Crippen LogP contribution in [0.4, 0.5) is 14.5 Å². The molecule has 9 heteroatoms. The molecule has 2 amide bonds. The minimum absolute atomic E-state index is 0.110. The number of nitrogens with zero attached hydrogens (tertiary/aromatic N) is 3. The lowest BCUT2D eigenvalue weighted by Crippen LogP contribution is -2.37. The smallest absolute Gasteiger partial charge is 0.286 e. The summed E-state index contributed by atoms with van der Waals surface area (Å²) < 4.78 is 26.6. The molecule has 144 valence electrons. The number of carbonyl (C=O) groups excluding carboxylic acids is 2. The predicted molar refractivity (Wildman–Crippen MR) is 97.7 cm³/mol. The largest absolute Gasteiger partial charge is 0.343 e. The van der Waals surface area contributed by atoms with Gasteiger partial charge in [-0.15, -0.1) is 10.2 Å². The van der Waals surface area contributed by atoms with Crippen molar-refractivity contribution in [3.05, 3.63) is 39.8 Å². The van der Waals surface area contributed by atoms with Crippen molar-refractivity contribution in [2.45, 2.75) is 38.5 Å². The van der Waals surface area contributed by atoms with Gasteiger partial charge in [0.05, 0.1) is 5.69 Å². The van der Waals surface area contributed by atoms with E-state index < -0.39 is 17.5 Å². The van der Waals surface area contributed by atoms with Gasteiger partial charge in [-0.25, -0.2) is 8.78 Å². The Bertz CT molecular complexity index is 835. The van der Waals surface area contributed by atoms with E-state index in [0.29, 0.717) is 25.6 Å². The van der Waals surface area contributed by atoms with E-state index in [4.69, 9.17) is 0 Å². The molecule has 1 fully saturated rings. The molecule has 6 nitrogen and oxygen atoms in total. The predicted octanol–water partition coefficient (Wildman–Crippen LogP) is 3.57. The number of halogens is 2. The topological polar surface area (TPSA) is 75.2 Å². The molecule has 0 bridgehead atoms. The fourth-order valence-corrected chi connectivity index (χ4v) is 3.91. The van der Waals surface area contributed by atoms with Crippen molar-refractivity contribution in [3.8, 4) is 0 Å². The number of carbonyl (C=O) groups is 2. The Hall–Kier alpha value is -2.42. The first kappa shape index (κ1) is 19.3. The van der Waals surface area contributed by atoms with E-state index in [1.54, 1.807) is 0 Å². The first-order chi connectivity index (χ1) is 13.0. The Kier molecular flexibility index (Phi) is 6.10. The van der Waals surface area contributed by atoms with Crippen molar-refractivity contribution in [2.24, 2.45) is 0 Å². The van der Waals surface area contributed by atoms with Gasteiger partial charge >= 0.3 is 0 Å². The minimum Gasteiger partial charge on any atom is -0.343 e. The zero-order valence-electron chi connectivity index (χ0n) is 14.9. The number of rotatable bonds is 5. The van der Waals surface area contributed by atoms with Crippen LogP contribution < -0.4 is 5.32 Å². The second-order valence-electron chi connectivity index (χ2n) is 6.43. The number of hydrogen-bond acceptors (Lipinski definition) is 5. The van der Waals surface area contributed by atoms with Gasteiger partial charge < -0.3 is 10.2 Å². The molecule has 0 unspecified atom stereocenters. The third kappa shape index (κ3) is 4.65. The molecule has 1 saturated heterocycles. The molecule has 0 radical (unpaired) electrons. The van der Waals surface area contributed by atoms with Gasteiger partial charge in [0, 0.05) is 31.5 Å². The van der Waals surface area contributed by atoms with Crippen LogP contribution in [0.1, 0.15) is 53.3 Å². The van der Waals surface area contributed by atoms with E-state index in [1.165, 1.54) is 0 Å². The Labute approximate surface area is 159 Å². The zero-order valence-corrected chi connectivity index (χ0v) is 15.7. The molecule has 27 heavy (non-hydrogen) atoms. The summed E-state index contributed by atoms with van der Waals surface area (Å²) in [5.41, 5.74) is -0.110. The highest BCUT2D eigenvalue weighted by Gasteiger charge is 2.26. The number of aromatic nitrogens is 2. The first-order valence-electron chi connectivity index (χ1n) is 8.85. The molecule has 0 saturated carbocycles. The van der Waals surface area contributed by atoms with Gasteiger partial charge in [0.25, 0.3) is 5.91 Å². The van der Waals surface area contributed by atoms with E-state index in [9.17, 15) is 18.4 Å². The fraction of sp³-hybridized carbons (Fsp3) is 0.444. The number of likely N-dealkylation sites (tertiary alicyclic amines) is 1. The average molecular weight is 394 g/mol. The monoisotopic (exact) mass is 394 g/mol. The molecular weight excluding hydrogens is 374 g/mol. The van der Waals surface area contributed by atoms with Crippen LogP contribution >= 0.6 is 11.3 Å². The number of hydrogen-bond donors (Lipinski definition) is 1. The van der Waals surface area contributed by atoms with E-state index in [1.807, 2.05) is 11.8 Å². The Morgan fingerprint density at radius 3 is 2.67 bits per heavy atom. The third-order valence-corrected chi connectivity index (χ3v) is 5.56. The summed E-state index contributed by atoms with van der Waals surface area (Å²) in [7, 11) is 0. The summed E-state index contributed by atoms with van der Waals surface area (Å²) in [4.78, 5) is 26.1.